The number of primary amides is 1. The minimum absolute atomic E-state index is 0.0707. The SMILES string of the molecule is CC1CCCC(C(NCC(F)(F)F)C(N)=O)C1. The maximum Gasteiger partial charge on any atom is 0.401 e. The zero-order chi connectivity index (χ0) is 13.1. The Balaban J connectivity index is 2.56. The summed E-state index contributed by atoms with van der Waals surface area (Å²) in [5.74, 6) is -0.310. The lowest BCUT2D eigenvalue weighted by atomic mass is 9.78. The molecule has 1 saturated carbocycles. The summed E-state index contributed by atoms with van der Waals surface area (Å²) in [5.41, 5.74) is 5.17. The van der Waals surface area contributed by atoms with Crippen LogP contribution in [0.2, 0.25) is 0 Å². The van der Waals surface area contributed by atoms with Gasteiger partial charge in [0.1, 0.15) is 0 Å². The van der Waals surface area contributed by atoms with Crippen LogP contribution in [0.3, 0.4) is 0 Å². The molecule has 0 aromatic carbocycles. The van der Waals surface area contributed by atoms with Crippen LogP contribution in [0.1, 0.15) is 32.6 Å². The van der Waals surface area contributed by atoms with Gasteiger partial charge < -0.3 is 5.73 Å². The molecular formula is C11H19F3N2O. The maximum absolute atomic E-state index is 12.1. The molecule has 0 aliphatic heterocycles. The smallest absolute Gasteiger partial charge is 0.368 e. The minimum atomic E-state index is -4.31. The molecule has 1 amide bonds. The fraction of sp³-hybridized carbons (Fsp3) is 0.909. The average molecular weight is 252 g/mol. The van der Waals surface area contributed by atoms with Crippen LogP contribution in [-0.2, 0) is 4.79 Å². The molecule has 0 heterocycles. The van der Waals surface area contributed by atoms with Gasteiger partial charge in [0.15, 0.2) is 0 Å². The number of nitrogens with two attached hydrogens (primary N) is 1. The number of carbonyl (C=O) groups is 1. The van der Waals surface area contributed by atoms with E-state index < -0.39 is 24.7 Å². The number of nitrogens with one attached hydrogen (secondary N) is 1. The van der Waals surface area contributed by atoms with Crippen LogP contribution >= 0.6 is 0 Å². The Bertz CT molecular complexity index is 268. The first-order valence-corrected chi connectivity index (χ1v) is 5.89. The number of amides is 1. The van der Waals surface area contributed by atoms with Crippen LogP contribution < -0.4 is 11.1 Å². The first-order chi connectivity index (χ1) is 7.79. The van der Waals surface area contributed by atoms with Gasteiger partial charge in [-0.2, -0.15) is 13.2 Å². The second-order valence-electron chi connectivity index (χ2n) is 4.91. The van der Waals surface area contributed by atoms with E-state index in [1.54, 1.807) is 0 Å². The van der Waals surface area contributed by atoms with E-state index >= 15 is 0 Å². The van der Waals surface area contributed by atoms with Crippen LogP contribution in [-0.4, -0.2) is 24.7 Å². The monoisotopic (exact) mass is 252 g/mol. The molecule has 3 N–H and O–H groups in total. The van der Waals surface area contributed by atoms with Gasteiger partial charge in [0.05, 0.1) is 12.6 Å². The molecule has 3 atom stereocenters. The molecular weight excluding hydrogens is 233 g/mol. The van der Waals surface area contributed by atoms with E-state index in [0.717, 1.165) is 25.7 Å². The standard InChI is InChI=1S/C11H19F3N2O/c1-7-3-2-4-8(5-7)9(10(15)17)16-6-11(12,13)14/h7-9,16H,2-6H2,1H3,(H2,15,17). The topological polar surface area (TPSA) is 55.1 Å². The van der Waals surface area contributed by atoms with Crippen molar-refractivity contribution in [2.24, 2.45) is 17.6 Å². The van der Waals surface area contributed by atoms with Gasteiger partial charge in [-0.25, -0.2) is 0 Å². The molecule has 6 heteroatoms. The Morgan fingerprint density at radius 1 is 1.47 bits per heavy atom. The summed E-state index contributed by atoms with van der Waals surface area (Å²) in [6.45, 7) is 0.888. The molecule has 100 valence electrons. The Morgan fingerprint density at radius 2 is 2.12 bits per heavy atom. The zero-order valence-electron chi connectivity index (χ0n) is 9.89. The average Bonchev–Trinajstić information content (AvgIpc) is 2.15. The van der Waals surface area contributed by atoms with Gasteiger partial charge in [0.2, 0.25) is 5.91 Å². The van der Waals surface area contributed by atoms with Gasteiger partial charge in [-0.15, -0.1) is 0 Å². The number of alkyl halides is 3. The Labute approximate surface area is 98.9 Å². The normalized spacial score (nSPS) is 27.8. The first-order valence-electron chi connectivity index (χ1n) is 5.89. The van der Waals surface area contributed by atoms with Gasteiger partial charge >= 0.3 is 6.18 Å². The second kappa shape index (κ2) is 5.71. The molecule has 3 unspecified atom stereocenters. The van der Waals surface area contributed by atoms with Gasteiger partial charge in [-0.1, -0.05) is 19.8 Å². The Morgan fingerprint density at radius 3 is 2.59 bits per heavy atom. The van der Waals surface area contributed by atoms with Crippen molar-refractivity contribution < 1.29 is 18.0 Å². The van der Waals surface area contributed by atoms with Crippen molar-refractivity contribution in [3.05, 3.63) is 0 Å². The van der Waals surface area contributed by atoms with E-state index in [1.165, 1.54) is 0 Å². The third-order valence-electron chi connectivity index (χ3n) is 3.28. The molecule has 0 saturated heterocycles. The number of rotatable bonds is 4. The van der Waals surface area contributed by atoms with Crippen molar-refractivity contribution in [3.63, 3.8) is 0 Å². The quantitative estimate of drug-likeness (QED) is 0.801. The summed E-state index contributed by atoms with van der Waals surface area (Å²) >= 11 is 0. The molecule has 0 radical (unpaired) electrons. The molecule has 0 bridgehead atoms. The van der Waals surface area contributed by atoms with Crippen molar-refractivity contribution in [3.8, 4) is 0 Å². The molecule has 0 aromatic heterocycles. The van der Waals surface area contributed by atoms with Gasteiger partial charge in [0.25, 0.3) is 0 Å². The van der Waals surface area contributed by atoms with Crippen LogP contribution in [0.4, 0.5) is 13.2 Å². The lowest BCUT2D eigenvalue weighted by Gasteiger charge is -2.32. The number of hydrogen-bond acceptors (Lipinski definition) is 2. The number of halogens is 3. The van der Waals surface area contributed by atoms with E-state index in [2.05, 4.69) is 5.32 Å². The summed E-state index contributed by atoms with van der Waals surface area (Å²) in [7, 11) is 0. The van der Waals surface area contributed by atoms with Crippen molar-refractivity contribution in [2.45, 2.75) is 44.8 Å². The molecule has 3 nitrogen and oxygen atoms in total. The third-order valence-corrected chi connectivity index (χ3v) is 3.28. The Hall–Kier alpha value is -0.780. The molecule has 1 rings (SSSR count). The third kappa shape index (κ3) is 4.93. The van der Waals surface area contributed by atoms with E-state index in [4.69, 9.17) is 5.73 Å². The van der Waals surface area contributed by atoms with Crippen LogP contribution in [0, 0.1) is 11.8 Å². The first kappa shape index (κ1) is 14.3. The Kier molecular flexibility index (Phi) is 4.80. The fourth-order valence-corrected chi connectivity index (χ4v) is 2.51. The highest BCUT2D eigenvalue weighted by Gasteiger charge is 2.34. The largest absolute Gasteiger partial charge is 0.401 e. The van der Waals surface area contributed by atoms with Crippen LogP contribution in [0.15, 0.2) is 0 Å². The van der Waals surface area contributed by atoms with E-state index in [1.807, 2.05) is 6.92 Å². The van der Waals surface area contributed by atoms with Gasteiger partial charge in [0, 0.05) is 0 Å². The van der Waals surface area contributed by atoms with Gasteiger partial charge in [-0.05, 0) is 24.7 Å². The molecule has 1 aliphatic rings. The zero-order valence-corrected chi connectivity index (χ0v) is 9.89. The molecule has 1 fully saturated rings. The highest BCUT2D eigenvalue weighted by molar-refractivity contribution is 5.80. The molecule has 1 aliphatic carbocycles. The van der Waals surface area contributed by atoms with Crippen molar-refractivity contribution >= 4 is 5.91 Å². The van der Waals surface area contributed by atoms with Crippen LogP contribution in [0.25, 0.3) is 0 Å². The predicted molar refractivity (Wildman–Crippen MR) is 58.2 cm³/mol. The van der Waals surface area contributed by atoms with Crippen LogP contribution in [0.5, 0.6) is 0 Å². The molecule has 0 aromatic rings. The van der Waals surface area contributed by atoms with E-state index in [-0.39, 0.29) is 5.92 Å². The molecule has 17 heavy (non-hydrogen) atoms. The maximum atomic E-state index is 12.1. The van der Waals surface area contributed by atoms with Crippen molar-refractivity contribution in [1.82, 2.24) is 5.32 Å². The van der Waals surface area contributed by atoms with Crippen molar-refractivity contribution in [1.29, 1.82) is 0 Å². The highest BCUT2D eigenvalue weighted by atomic mass is 19.4. The van der Waals surface area contributed by atoms with Gasteiger partial charge in [-0.3, -0.25) is 10.1 Å². The lowest BCUT2D eigenvalue weighted by molar-refractivity contribution is -0.132. The summed E-state index contributed by atoms with van der Waals surface area (Å²) in [6.07, 6.45) is -0.764. The van der Waals surface area contributed by atoms with E-state index in [9.17, 15) is 18.0 Å². The predicted octanol–water partition coefficient (Wildman–Crippen LogP) is 1.82. The second-order valence-corrected chi connectivity index (χ2v) is 4.91. The van der Waals surface area contributed by atoms with E-state index in [0.29, 0.717) is 5.92 Å². The summed E-state index contributed by atoms with van der Waals surface area (Å²) < 4.78 is 36.3. The lowest BCUT2D eigenvalue weighted by Crippen LogP contribution is -2.50. The summed E-state index contributed by atoms with van der Waals surface area (Å²) in [5, 5.41) is 2.25. The molecule has 0 spiro atoms. The number of carbonyl (C=O) groups excluding carboxylic acids is 1. The summed E-state index contributed by atoms with van der Waals surface area (Å²) in [6, 6.07) is -0.862. The summed E-state index contributed by atoms with van der Waals surface area (Å²) in [4.78, 5) is 11.2. The fourth-order valence-electron chi connectivity index (χ4n) is 2.51. The highest BCUT2D eigenvalue weighted by Crippen LogP contribution is 2.31. The number of hydrogen-bond donors (Lipinski definition) is 2. The van der Waals surface area contributed by atoms with Crippen molar-refractivity contribution in [2.75, 3.05) is 6.54 Å². The minimum Gasteiger partial charge on any atom is -0.368 e.